The van der Waals surface area contributed by atoms with Gasteiger partial charge in [0.15, 0.2) is 11.5 Å². The molecule has 1 amide bonds. The van der Waals surface area contributed by atoms with E-state index in [1.54, 1.807) is 66.7 Å². The van der Waals surface area contributed by atoms with Gasteiger partial charge in [0.05, 0.1) is 35.6 Å². The largest absolute Gasteiger partial charge is 0.494 e. The first-order chi connectivity index (χ1) is 16.5. The second-order valence-corrected chi connectivity index (χ2v) is 7.49. The minimum absolute atomic E-state index is 0.274. The van der Waals surface area contributed by atoms with Gasteiger partial charge in [0.25, 0.3) is 5.91 Å². The van der Waals surface area contributed by atoms with Gasteiger partial charge in [-0.1, -0.05) is 30.7 Å². The third-order valence-corrected chi connectivity index (χ3v) is 4.86. The average Bonchev–Trinajstić information content (AvgIpc) is 2.85. The molecule has 3 aromatic carbocycles. The number of carbonyl (C=O) groups excluding carboxylic acids is 2. The number of esters is 1. The highest BCUT2D eigenvalue weighted by Crippen LogP contribution is 2.29. The highest BCUT2D eigenvalue weighted by molar-refractivity contribution is 6.33. The van der Waals surface area contributed by atoms with E-state index in [9.17, 15) is 9.59 Å². The fourth-order valence-corrected chi connectivity index (χ4v) is 3.12. The number of carbonyl (C=O) groups is 2. The predicted molar refractivity (Wildman–Crippen MR) is 131 cm³/mol. The molecule has 8 heteroatoms. The number of hydrogen-bond acceptors (Lipinski definition) is 6. The molecule has 0 aliphatic heterocycles. The fraction of sp³-hybridized carbons (Fsp3) is 0.192. The van der Waals surface area contributed by atoms with Gasteiger partial charge in [-0.05, 0) is 73.5 Å². The maximum absolute atomic E-state index is 12.6. The molecule has 0 aromatic heterocycles. The number of nitrogens with zero attached hydrogens (tertiary/aromatic N) is 1. The number of halogens is 1. The molecule has 176 valence electrons. The minimum atomic E-state index is -0.517. The van der Waals surface area contributed by atoms with Crippen LogP contribution in [-0.4, -0.2) is 31.3 Å². The Morgan fingerprint density at radius 3 is 2.44 bits per heavy atom. The van der Waals surface area contributed by atoms with E-state index in [2.05, 4.69) is 10.5 Å². The first kappa shape index (κ1) is 24.8. The molecule has 0 saturated carbocycles. The Morgan fingerprint density at radius 2 is 1.74 bits per heavy atom. The van der Waals surface area contributed by atoms with E-state index in [0.29, 0.717) is 46.4 Å². The molecule has 0 spiro atoms. The maximum atomic E-state index is 12.6. The summed E-state index contributed by atoms with van der Waals surface area (Å²) in [4.78, 5) is 24.8. The van der Waals surface area contributed by atoms with Crippen molar-refractivity contribution in [3.63, 3.8) is 0 Å². The maximum Gasteiger partial charge on any atom is 0.343 e. The van der Waals surface area contributed by atoms with Crippen LogP contribution in [0.2, 0.25) is 5.02 Å². The molecule has 3 rings (SSSR count). The summed E-state index contributed by atoms with van der Waals surface area (Å²) < 4.78 is 16.7. The number of benzene rings is 3. The van der Waals surface area contributed by atoms with Crippen molar-refractivity contribution in [2.24, 2.45) is 5.10 Å². The number of ether oxygens (including phenoxy) is 3. The zero-order valence-corrected chi connectivity index (χ0v) is 19.7. The molecule has 0 fully saturated rings. The molecular weight excluding hydrogens is 456 g/mol. The molecule has 0 saturated heterocycles. The topological polar surface area (TPSA) is 86.2 Å². The van der Waals surface area contributed by atoms with Crippen molar-refractivity contribution in [1.82, 2.24) is 5.43 Å². The van der Waals surface area contributed by atoms with Crippen molar-refractivity contribution in [2.75, 3.05) is 13.2 Å². The fourth-order valence-electron chi connectivity index (χ4n) is 2.89. The van der Waals surface area contributed by atoms with E-state index >= 15 is 0 Å². The van der Waals surface area contributed by atoms with Gasteiger partial charge in [-0.3, -0.25) is 4.79 Å². The molecule has 0 bridgehead atoms. The second kappa shape index (κ2) is 12.4. The van der Waals surface area contributed by atoms with Crippen LogP contribution in [0.3, 0.4) is 0 Å². The summed E-state index contributed by atoms with van der Waals surface area (Å²) in [6.45, 7) is 4.83. The van der Waals surface area contributed by atoms with E-state index in [1.807, 2.05) is 13.8 Å². The normalized spacial score (nSPS) is 10.7. The molecule has 34 heavy (non-hydrogen) atoms. The van der Waals surface area contributed by atoms with Crippen molar-refractivity contribution in [3.8, 4) is 17.2 Å². The quantitative estimate of drug-likeness (QED) is 0.179. The van der Waals surface area contributed by atoms with Gasteiger partial charge in [0.1, 0.15) is 5.75 Å². The Balaban J connectivity index is 1.67. The molecule has 0 aliphatic rings. The monoisotopic (exact) mass is 480 g/mol. The van der Waals surface area contributed by atoms with Gasteiger partial charge in [0, 0.05) is 0 Å². The van der Waals surface area contributed by atoms with Crippen molar-refractivity contribution >= 4 is 29.7 Å². The van der Waals surface area contributed by atoms with Crippen molar-refractivity contribution in [3.05, 3.63) is 88.4 Å². The third kappa shape index (κ3) is 6.83. The Hall–Kier alpha value is -3.84. The Morgan fingerprint density at radius 1 is 0.971 bits per heavy atom. The van der Waals surface area contributed by atoms with Crippen LogP contribution >= 0.6 is 11.6 Å². The van der Waals surface area contributed by atoms with Gasteiger partial charge < -0.3 is 14.2 Å². The zero-order chi connectivity index (χ0) is 24.3. The molecule has 1 N–H and O–H groups in total. The summed E-state index contributed by atoms with van der Waals surface area (Å²) in [7, 11) is 0. The Kier molecular flexibility index (Phi) is 9.05. The summed E-state index contributed by atoms with van der Waals surface area (Å²) in [5.74, 6) is 0.397. The van der Waals surface area contributed by atoms with E-state index in [-0.39, 0.29) is 5.75 Å². The molecule has 3 aromatic rings. The van der Waals surface area contributed by atoms with Crippen LogP contribution in [0.1, 0.15) is 46.5 Å². The van der Waals surface area contributed by atoms with Gasteiger partial charge in [-0.2, -0.15) is 5.10 Å². The number of hydrogen-bond donors (Lipinski definition) is 1. The predicted octanol–water partition coefficient (Wildman–Crippen LogP) is 5.51. The minimum Gasteiger partial charge on any atom is -0.494 e. The number of nitrogens with one attached hydrogen (secondary N) is 1. The molecule has 7 nitrogen and oxygen atoms in total. The SMILES string of the molecule is CCCOc1ccc(C(=O)Oc2ccc(C=NNC(=O)c3ccccc3Cl)cc2OCC)cc1. The highest BCUT2D eigenvalue weighted by Gasteiger charge is 2.14. The number of amides is 1. The van der Waals surface area contributed by atoms with Gasteiger partial charge in [-0.25, -0.2) is 10.2 Å². The van der Waals surface area contributed by atoms with Crippen LogP contribution < -0.4 is 19.6 Å². The molecule has 0 aliphatic carbocycles. The van der Waals surface area contributed by atoms with Crippen molar-refractivity contribution < 1.29 is 23.8 Å². The van der Waals surface area contributed by atoms with Crippen molar-refractivity contribution in [2.45, 2.75) is 20.3 Å². The van der Waals surface area contributed by atoms with Crippen LogP contribution in [0.4, 0.5) is 0 Å². The zero-order valence-electron chi connectivity index (χ0n) is 18.9. The van der Waals surface area contributed by atoms with Crippen LogP contribution in [0, 0.1) is 0 Å². The lowest BCUT2D eigenvalue weighted by molar-refractivity contribution is 0.0728. The third-order valence-electron chi connectivity index (χ3n) is 4.53. The second-order valence-electron chi connectivity index (χ2n) is 7.08. The summed E-state index contributed by atoms with van der Waals surface area (Å²) in [5.41, 5.74) is 3.78. The van der Waals surface area contributed by atoms with E-state index in [1.165, 1.54) is 6.21 Å². The number of rotatable bonds is 10. The summed E-state index contributed by atoms with van der Waals surface area (Å²) in [6.07, 6.45) is 2.36. The van der Waals surface area contributed by atoms with Crippen LogP contribution in [0.15, 0.2) is 71.8 Å². The summed E-state index contributed by atoms with van der Waals surface area (Å²) >= 11 is 6.02. The van der Waals surface area contributed by atoms with Crippen LogP contribution in [-0.2, 0) is 0 Å². The molecule has 0 atom stereocenters. The van der Waals surface area contributed by atoms with Crippen LogP contribution in [0.5, 0.6) is 17.2 Å². The average molecular weight is 481 g/mol. The summed E-state index contributed by atoms with van der Waals surface area (Å²) in [5, 5.41) is 4.31. The van der Waals surface area contributed by atoms with Crippen LogP contribution in [0.25, 0.3) is 0 Å². The Labute approximate surface area is 203 Å². The van der Waals surface area contributed by atoms with E-state index in [4.69, 9.17) is 25.8 Å². The summed E-state index contributed by atoms with van der Waals surface area (Å²) in [6, 6.07) is 18.4. The first-order valence-corrected chi connectivity index (χ1v) is 11.2. The lowest BCUT2D eigenvalue weighted by atomic mass is 10.2. The number of hydrazone groups is 1. The smallest absolute Gasteiger partial charge is 0.343 e. The molecular formula is C26H25ClN2O5. The van der Waals surface area contributed by atoms with Gasteiger partial charge in [-0.15, -0.1) is 0 Å². The lowest BCUT2D eigenvalue weighted by Crippen LogP contribution is -2.17. The van der Waals surface area contributed by atoms with Gasteiger partial charge >= 0.3 is 5.97 Å². The highest BCUT2D eigenvalue weighted by atomic mass is 35.5. The molecule has 0 unspecified atom stereocenters. The first-order valence-electron chi connectivity index (χ1n) is 10.8. The van der Waals surface area contributed by atoms with E-state index < -0.39 is 11.9 Å². The molecule has 0 heterocycles. The lowest BCUT2D eigenvalue weighted by Gasteiger charge is -2.12. The Bertz CT molecular complexity index is 1160. The van der Waals surface area contributed by atoms with Crippen molar-refractivity contribution in [1.29, 1.82) is 0 Å². The van der Waals surface area contributed by atoms with E-state index in [0.717, 1.165) is 6.42 Å². The molecule has 0 radical (unpaired) electrons. The standard InChI is InChI=1S/C26H25ClN2O5/c1-3-15-33-20-12-10-19(11-13-20)26(31)34-23-14-9-18(16-24(23)32-4-2)17-28-29-25(30)21-7-5-6-8-22(21)27/h5-14,16-17H,3-4,15H2,1-2H3,(H,29,30). The van der Waals surface area contributed by atoms with Gasteiger partial charge in [0.2, 0.25) is 0 Å².